The smallest absolute Gasteiger partial charge is 0.249 e. The van der Waals surface area contributed by atoms with Crippen LogP contribution in [0, 0.1) is 28.9 Å². The molecule has 4 fully saturated rings. The van der Waals surface area contributed by atoms with E-state index in [1.54, 1.807) is 6.21 Å². The molecule has 2 bridgehead atoms. The van der Waals surface area contributed by atoms with E-state index in [4.69, 9.17) is 0 Å². The molecule has 174 valence electrons. The Hall–Kier alpha value is -3.09. The van der Waals surface area contributed by atoms with Gasteiger partial charge in [0.1, 0.15) is 11.6 Å². The molecule has 2 aromatic carbocycles. The molecule has 2 atom stereocenters. The molecule has 34 heavy (non-hydrogen) atoms. The van der Waals surface area contributed by atoms with E-state index in [1.807, 2.05) is 23.1 Å². The van der Waals surface area contributed by atoms with Crippen LogP contribution in [0.2, 0.25) is 0 Å². The summed E-state index contributed by atoms with van der Waals surface area (Å²) in [6.45, 7) is 0.652. The lowest BCUT2D eigenvalue weighted by Crippen LogP contribution is -2.45. The summed E-state index contributed by atoms with van der Waals surface area (Å²) in [7, 11) is 0. The molecule has 5 nitrogen and oxygen atoms in total. The second-order valence-corrected chi connectivity index (χ2v) is 10.8. The highest BCUT2D eigenvalue weighted by Gasteiger charge is 2.64. The summed E-state index contributed by atoms with van der Waals surface area (Å²) in [6.07, 6.45) is 6.25. The van der Waals surface area contributed by atoms with Crippen molar-refractivity contribution in [3.8, 4) is 0 Å². The number of hydrazone groups is 1. The van der Waals surface area contributed by atoms with Crippen molar-refractivity contribution in [2.75, 3.05) is 11.4 Å². The molecule has 0 N–H and O–H groups in total. The van der Waals surface area contributed by atoms with Crippen molar-refractivity contribution < 1.29 is 18.4 Å². The second kappa shape index (κ2) is 6.74. The Balaban J connectivity index is 1.10. The Bertz CT molecular complexity index is 1240. The zero-order valence-electron chi connectivity index (χ0n) is 18.7. The first kappa shape index (κ1) is 20.3. The molecule has 8 rings (SSSR count). The van der Waals surface area contributed by atoms with E-state index >= 15 is 0 Å². The van der Waals surface area contributed by atoms with E-state index in [2.05, 4.69) is 11.2 Å². The van der Waals surface area contributed by atoms with Crippen LogP contribution in [0.3, 0.4) is 0 Å². The highest BCUT2D eigenvalue weighted by atomic mass is 19.1. The molecule has 6 aliphatic rings. The number of anilines is 1. The molecule has 0 saturated heterocycles. The summed E-state index contributed by atoms with van der Waals surface area (Å²) in [5.41, 5.74) is 1.84. The lowest BCUT2D eigenvalue weighted by molar-refractivity contribution is -0.148. The number of amides is 2. The fourth-order valence-corrected chi connectivity index (χ4v) is 7.11. The van der Waals surface area contributed by atoms with Gasteiger partial charge in [-0.25, -0.2) is 13.8 Å². The first-order valence-electron chi connectivity index (χ1n) is 12.1. The number of carbonyl (C=O) groups is 2. The molecule has 0 radical (unpaired) electrons. The van der Waals surface area contributed by atoms with Crippen LogP contribution >= 0.6 is 0 Å². The van der Waals surface area contributed by atoms with Crippen molar-refractivity contribution in [3.63, 3.8) is 0 Å². The molecule has 1 spiro atoms. The maximum Gasteiger partial charge on any atom is 0.249 e. The van der Waals surface area contributed by atoms with Gasteiger partial charge in [0, 0.05) is 30.9 Å². The van der Waals surface area contributed by atoms with Gasteiger partial charge in [0.2, 0.25) is 11.8 Å². The molecule has 2 aromatic rings. The highest BCUT2D eigenvalue weighted by Crippen LogP contribution is 2.64. The van der Waals surface area contributed by atoms with Crippen LogP contribution in [0.4, 0.5) is 14.5 Å². The molecule has 4 aliphatic carbocycles. The summed E-state index contributed by atoms with van der Waals surface area (Å²) in [6, 6.07) is 11.0. The van der Waals surface area contributed by atoms with Crippen molar-refractivity contribution in [2.45, 2.75) is 50.0 Å². The number of benzene rings is 2. The minimum atomic E-state index is -0.652. The number of carbonyl (C=O) groups excluding carboxylic acids is 2. The lowest BCUT2D eigenvalue weighted by atomic mass is 9.68. The van der Waals surface area contributed by atoms with Gasteiger partial charge in [0.15, 0.2) is 0 Å². The molecule has 2 unspecified atom stereocenters. The zero-order valence-corrected chi connectivity index (χ0v) is 18.7. The van der Waals surface area contributed by atoms with Crippen LogP contribution in [0.25, 0.3) is 0 Å². The molecular weight excluding hydrogens is 436 g/mol. The van der Waals surface area contributed by atoms with E-state index < -0.39 is 23.1 Å². The first-order chi connectivity index (χ1) is 16.4. The molecule has 0 aromatic heterocycles. The average molecular weight is 462 g/mol. The van der Waals surface area contributed by atoms with Crippen LogP contribution in [0.15, 0.2) is 47.6 Å². The van der Waals surface area contributed by atoms with Gasteiger partial charge in [-0.15, -0.1) is 0 Å². The predicted molar refractivity (Wildman–Crippen MR) is 122 cm³/mol. The maximum atomic E-state index is 13.8. The maximum absolute atomic E-state index is 13.8. The predicted octanol–water partition coefficient (Wildman–Crippen LogP) is 4.72. The highest BCUT2D eigenvalue weighted by molar-refractivity contribution is 6.10. The Morgan fingerprint density at radius 1 is 1.06 bits per heavy atom. The van der Waals surface area contributed by atoms with E-state index in [0.717, 1.165) is 49.4 Å². The van der Waals surface area contributed by atoms with E-state index in [1.165, 1.54) is 17.1 Å². The molecule has 2 aliphatic heterocycles. The zero-order chi connectivity index (χ0) is 23.2. The number of hydrogen-bond donors (Lipinski definition) is 0. The van der Waals surface area contributed by atoms with Gasteiger partial charge in [0.25, 0.3) is 0 Å². The van der Waals surface area contributed by atoms with E-state index in [0.29, 0.717) is 24.4 Å². The molecular formula is C27H25F2N3O2. The number of halogens is 2. The molecule has 2 heterocycles. The summed E-state index contributed by atoms with van der Waals surface area (Å²) < 4.78 is 27.6. The molecule has 4 saturated carbocycles. The fraction of sp³-hybridized carbons (Fsp3) is 0.444. The average Bonchev–Trinajstić information content (AvgIpc) is 3.08. The minimum Gasteiger partial charge on any atom is -0.311 e. The lowest BCUT2D eigenvalue weighted by Gasteiger charge is -2.40. The normalized spacial score (nSPS) is 31.8. The van der Waals surface area contributed by atoms with Gasteiger partial charge in [-0.3, -0.25) is 9.59 Å². The van der Waals surface area contributed by atoms with E-state index in [9.17, 15) is 18.4 Å². The van der Waals surface area contributed by atoms with E-state index in [-0.39, 0.29) is 23.1 Å². The van der Waals surface area contributed by atoms with Crippen molar-refractivity contribution in [1.82, 2.24) is 5.01 Å². The number of rotatable bonds is 4. The first-order valence-corrected chi connectivity index (χ1v) is 12.1. The SMILES string of the molecule is O=C(N1N=CCC1c1cc(F)cc(F)c1)C12CC(CN3C(=O)C4(CC4)c4ccccc43)C(C1)C2. The van der Waals surface area contributed by atoms with Crippen LogP contribution < -0.4 is 4.90 Å². The van der Waals surface area contributed by atoms with Crippen LogP contribution in [-0.4, -0.2) is 29.6 Å². The standard InChI is InChI=1S/C27H25F2N3O2/c28-19-9-16(10-20(29)11-19)22-5-8-30-32(22)24(33)26-12-17(13-26)18(14-26)15-31-23-4-2-1-3-21(23)27(6-7-27)25(31)34/h1-4,8-11,17-18,22H,5-7,12-15H2. The second-order valence-electron chi connectivity index (χ2n) is 10.8. The Labute approximate surface area is 196 Å². The number of hydrogen-bond acceptors (Lipinski definition) is 3. The fourth-order valence-electron chi connectivity index (χ4n) is 7.11. The Morgan fingerprint density at radius 2 is 1.79 bits per heavy atom. The van der Waals surface area contributed by atoms with Gasteiger partial charge >= 0.3 is 0 Å². The third kappa shape index (κ3) is 2.67. The Kier molecular flexibility index (Phi) is 4.02. The van der Waals surface area contributed by atoms with Gasteiger partial charge < -0.3 is 4.90 Å². The third-order valence-corrected chi connectivity index (χ3v) is 8.92. The van der Waals surface area contributed by atoms with Gasteiger partial charge in [0.05, 0.1) is 16.9 Å². The monoisotopic (exact) mass is 461 g/mol. The van der Waals surface area contributed by atoms with Crippen LogP contribution in [-0.2, 0) is 15.0 Å². The summed E-state index contributed by atoms with van der Waals surface area (Å²) in [4.78, 5) is 28.9. The third-order valence-electron chi connectivity index (χ3n) is 8.92. The van der Waals surface area contributed by atoms with Crippen molar-refractivity contribution >= 4 is 23.7 Å². The van der Waals surface area contributed by atoms with Gasteiger partial charge in [-0.2, -0.15) is 5.10 Å². The Morgan fingerprint density at radius 3 is 2.53 bits per heavy atom. The molecule has 7 heteroatoms. The van der Waals surface area contributed by atoms with Crippen molar-refractivity contribution in [1.29, 1.82) is 0 Å². The van der Waals surface area contributed by atoms with Gasteiger partial charge in [-0.05, 0) is 73.3 Å². The minimum absolute atomic E-state index is 0.0542. The van der Waals surface area contributed by atoms with Gasteiger partial charge in [-0.1, -0.05) is 18.2 Å². The number of para-hydroxylation sites is 1. The number of fused-ring (bicyclic) bond motifs is 3. The van der Waals surface area contributed by atoms with Crippen molar-refractivity contribution in [2.24, 2.45) is 22.4 Å². The largest absolute Gasteiger partial charge is 0.311 e. The summed E-state index contributed by atoms with van der Waals surface area (Å²) in [5.74, 6) is -0.456. The topological polar surface area (TPSA) is 53.0 Å². The number of nitrogens with zero attached hydrogens (tertiary/aromatic N) is 3. The summed E-state index contributed by atoms with van der Waals surface area (Å²) >= 11 is 0. The summed E-state index contributed by atoms with van der Waals surface area (Å²) in [5, 5.41) is 5.76. The van der Waals surface area contributed by atoms with Crippen LogP contribution in [0.1, 0.15) is 55.7 Å². The van der Waals surface area contributed by atoms with Crippen LogP contribution in [0.5, 0.6) is 0 Å². The molecule has 2 amide bonds. The van der Waals surface area contributed by atoms with Crippen molar-refractivity contribution in [3.05, 3.63) is 65.2 Å². The quantitative estimate of drug-likeness (QED) is 0.662.